The van der Waals surface area contributed by atoms with E-state index in [4.69, 9.17) is 0 Å². The molecule has 0 spiro atoms. The lowest BCUT2D eigenvalue weighted by Gasteiger charge is -2.25. The van der Waals surface area contributed by atoms with Crippen LogP contribution in [0.25, 0.3) is 0 Å². The minimum atomic E-state index is -0.318. The molecule has 0 bridgehead atoms. The first-order valence-corrected chi connectivity index (χ1v) is 7.37. The quantitative estimate of drug-likeness (QED) is 0.679. The molecule has 0 aromatic heterocycles. The molecule has 0 amide bonds. The maximum Gasteiger partial charge on any atom is 0.269 e. The van der Waals surface area contributed by atoms with Gasteiger partial charge >= 0.3 is 0 Å². The van der Waals surface area contributed by atoms with Crippen molar-refractivity contribution in [3.8, 4) is 0 Å². The van der Waals surface area contributed by atoms with E-state index in [9.17, 15) is 10.1 Å². The van der Waals surface area contributed by atoms with Gasteiger partial charge in [0.2, 0.25) is 0 Å². The fourth-order valence-corrected chi connectivity index (χ4v) is 3.51. The van der Waals surface area contributed by atoms with Gasteiger partial charge in [-0.1, -0.05) is 12.1 Å². The van der Waals surface area contributed by atoms with Crippen LogP contribution in [-0.4, -0.2) is 35.5 Å². The van der Waals surface area contributed by atoms with Crippen molar-refractivity contribution < 1.29 is 4.92 Å². The van der Waals surface area contributed by atoms with E-state index in [1.807, 2.05) is 6.07 Å². The number of fused-ring (bicyclic) bond motifs is 1. The molecule has 0 radical (unpaired) electrons. The topological polar surface area (TPSA) is 58.4 Å². The van der Waals surface area contributed by atoms with Crippen molar-refractivity contribution in [3.63, 3.8) is 0 Å². The average molecular weight is 275 g/mol. The van der Waals surface area contributed by atoms with Crippen LogP contribution in [0.4, 0.5) is 5.69 Å². The number of non-ortho nitro benzene ring substituents is 1. The lowest BCUT2D eigenvalue weighted by Crippen LogP contribution is -2.40. The predicted molar refractivity (Wildman–Crippen MR) is 77.6 cm³/mol. The van der Waals surface area contributed by atoms with Crippen LogP contribution >= 0.6 is 0 Å². The predicted octanol–water partition coefficient (Wildman–Crippen LogP) is 2.34. The zero-order valence-corrected chi connectivity index (χ0v) is 11.8. The van der Waals surface area contributed by atoms with Crippen molar-refractivity contribution in [1.29, 1.82) is 0 Å². The Morgan fingerprint density at radius 1 is 1.45 bits per heavy atom. The lowest BCUT2D eigenvalue weighted by molar-refractivity contribution is -0.384. The molecule has 3 atom stereocenters. The zero-order chi connectivity index (χ0) is 14.1. The number of nitro benzene ring substituents is 1. The first kappa shape index (κ1) is 13.5. The van der Waals surface area contributed by atoms with E-state index in [1.165, 1.54) is 12.8 Å². The van der Waals surface area contributed by atoms with E-state index in [2.05, 4.69) is 17.1 Å². The molecule has 0 aliphatic carbocycles. The summed E-state index contributed by atoms with van der Waals surface area (Å²) in [6.07, 6.45) is 2.57. The summed E-state index contributed by atoms with van der Waals surface area (Å²) in [6, 6.07) is 7.88. The summed E-state index contributed by atoms with van der Waals surface area (Å²) in [5.74, 6) is 0.741. The molecular formula is C15H21N3O2. The number of likely N-dealkylation sites (tertiary alicyclic amines) is 1. The second kappa shape index (κ2) is 5.50. The molecule has 3 rings (SSSR count). The first-order chi connectivity index (χ1) is 9.65. The second-order valence-corrected chi connectivity index (χ2v) is 5.94. The van der Waals surface area contributed by atoms with Crippen LogP contribution in [0.3, 0.4) is 0 Å². The number of nitro groups is 1. The highest BCUT2D eigenvalue weighted by atomic mass is 16.6. The first-order valence-electron chi connectivity index (χ1n) is 7.37. The molecule has 0 saturated carbocycles. The van der Waals surface area contributed by atoms with Crippen molar-refractivity contribution in [1.82, 2.24) is 10.2 Å². The number of nitrogens with zero attached hydrogens (tertiary/aromatic N) is 2. The molecule has 108 valence electrons. The van der Waals surface area contributed by atoms with Crippen molar-refractivity contribution in [2.75, 3.05) is 19.6 Å². The molecule has 2 aliphatic rings. The number of benzene rings is 1. The molecule has 1 aromatic carbocycles. The third kappa shape index (κ3) is 2.55. The van der Waals surface area contributed by atoms with Gasteiger partial charge in [0.1, 0.15) is 0 Å². The lowest BCUT2D eigenvalue weighted by atomic mass is 9.94. The van der Waals surface area contributed by atoms with Gasteiger partial charge in [0, 0.05) is 37.3 Å². The Hall–Kier alpha value is -1.46. The molecule has 5 heteroatoms. The molecule has 1 aromatic rings. The van der Waals surface area contributed by atoms with E-state index >= 15 is 0 Å². The largest absolute Gasteiger partial charge is 0.312 e. The van der Waals surface area contributed by atoms with Gasteiger partial charge in [-0.3, -0.25) is 15.0 Å². The van der Waals surface area contributed by atoms with Gasteiger partial charge in [0.25, 0.3) is 5.69 Å². The molecule has 1 N–H and O–H groups in total. The average Bonchev–Trinajstić information content (AvgIpc) is 2.90. The number of hydrogen-bond acceptors (Lipinski definition) is 4. The van der Waals surface area contributed by atoms with Crippen molar-refractivity contribution in [3.05, 3.63) is 39.9 Å². The Balaban J connectivity index is 1.74. The minimum absolute atomic E-state index is 0.184. The summed E-state index contributed by atoms with van der Waals surface area (Å²) in [7, 11) is 0. The Bertz CT molecular complexity index is 492. The van der Waals surface area contributed by atoms with Gasteiger partial charge in [-0.05, 0) is 37.8 Å². The van der Waals surface area contributed by atoms with Crippen molar-refractivity contribution >= 4 is 5.69 Å². The van der Waals surface area contributed by atoms with Gasteiger partial charge in [-0.15, -0.1) is 0 Å². The van der Waals surface area contributed by atoms with Crippen molar-refractivity contribution in [2.24, 2.45) is 5.92 Å². The summed E-state index contributed by atoms with van der Waals surface area (Å²) in [6.45, 7) is 5.42. The van der Waals surface area contributed by atoms with Crippen LogP contribution in [0.2, 0.25) is 0 Å². The zero-order valence-electron chi connectivity index (χ0n) is 11.8. The van der Waals surface area contributed by atoms with Gasteiger partial charge in [-0.25, -0.2) is 0 Å². The normalized spacial score (nSPS) is 28.1. The standard InChI is InChI=1S/C15H21N3O2/c1-11(12-4-2-6-14(8-12)18(19)20)17-9-13-5-3-7-16-15(13)10-17/h2,4,6,8,11,13,15-16H,3,5,7,9-10H2,1H3/t11?,13-,15+/m0/s1. The molecule has 20 heavy (non-hydrogen) atoms. The minimum Gasteiger partial charge on any atom is -0.312 e. The number of rotatable bonds is 3. The monoisotopic (exact) mass is 275 g/mol. The van der Waals surface area contributed by atoms with Crippen LogP contribution < -0.4 is 5.32 Å². The SMILES string of the molecule is CC(c1cccc([N+](=O)[O-])c1)N1C[C@@H]2CCCN[C@@H]2C1. The number of hydrogen-bond donors (Lipinski definition) is 1. The Morgan fingerprint density at radius 2 is 2.30 bits per heavy atom. The van der Waals surface area contributed by atoms with Gasteiger partial charge in [0.15, 0.2) is 0 Å². The molecule has 2 fully saturated rings. The van der Waals surface area contributed by atoms with E-state index in [0.717, 1.165) is 31.1 Å². The Kier molecular flexibility index (Phi) is 3.72. The van der Waals surface area contributed by atoms with Crippen molar-refractivity contribution in [2.45, 2.75) is 31.8 Å². The Morgan fingerprint density at radius 3 is 3.05 bits per heavy atom. The van der Waals surface area contributed by atoms with E-state index in [-0.39, 0.29) is 16.7 Å². The summed E-state index contributed by atoms with van der Waals surface area (Å²) in [5.41, 5.74) is 1.22. The van der Waals surface area contributed by atoms with E-state index in [0.29, 0.717) is 6.04 Å². The third-order valence-corrected chi connectivity index (χ3v) is 4.74. The highest BCUT2D eigenvalue weighted by Crippen LogP contribution is 2.32. The summed E-state index contributed by atoms with van der Waals surface area (Å²) in [4.78, 5) is 13.0. The smallest absolute Gasteiger partial charge is 0.269 e. The molecular weight excluding hydrogens is 254 g/mol. The molecule has 2 aliphatic heterocycles. The fourth-order valence-electron chi connectivity index (χ4n) is 3.51. The highest BCUT2D eigenvalue weighted by molar-refractivity contribution is 5.35. The van der Waals surface area contributed by atoms with E-state index < -0.39 is 0 Å². The van der Waals surface area contributed by atoms with Gasteiger partial charge in [-0.2, -0.15) is 0 Å². The molecule has 5 nitrogen and oxygen atoms in total. The third-order valence-electron chi connectivity index (χ3n) is 4.74. The van der Waals surface area contributed by atoms with Crippen LogP contribution in [0.15, 0.2) is 24.3 Å². The van der Waals surface area contributed by atoms with Crippen LogP contribution in [0.5, 0.6) is 0 Å². The fraction of sp³-hybridized carbons (Fsp3) is 0.600. The van der Waals surface area contributed by atoms with E-state index in [1.54, 1.807) is 18.2 Å². The van der Waals surface area contributed by atoms with Crippen LogP contribution in [0.1, 0.15) is 31.4 Å². The number of piperidine rings is 1. The molecule has 1 unspecified atom stereocenters. The molecule has 2 heterocycles. The highest BCUT2D eigenvalue weighted by Gasteiger charge is 2.36. The molecule has 2 saturated heterocycles. The van der Waals surface area contributed by atoms with Gasteiger partial charge < -0.3 is 5.32 Å². The summed E-state index contributed by atoms with van der Waals surface area (Å²) in [5, 5.41) is 14.5. The Labute approximate surface area is 119 Å². The maximum atomic E-state index is 10.9. The summed E-state index contributed by atoms with van der Waals surface area (Å²) < 4.78 is 0. The summed E-state index contributed by atoms with van der Waals surface area (Å²) >= 11 is 0. The maximum absolute atomic E-state index is 10.9. The van der Waals surface area contributed by atoms with Gasteiger partial charge in [0.05, 0.1) is 4.92 Å². The second-order valence-electron chi connectivity index (χ2n) is 5.94. The van der Waals surface area contributed by atoms with Crippen LogP contribution in [-0.2, 0) is 0 Å². The van der Waals surface area contributed by atoms with Crippen LogP contribution in [0, 0.1) is 16.0 Å². The number of nitrogens with one attached hydrogen (secondary N) is 1.